The summed E-state index contributed by atoms with van der Waals surface area (Å²) in [5, 5.41) is 38.8. The van der Waals surface area contributed by atoms with Gasteiger partial charge in [-0.2, -0.15) is 0 Å². The number of benzene rings is 18. The van der Waals surface area contributed by atoms with Crippen molar-refractivity contribution < 1.29 is 18.9 Å². The molecular weight excluding hydrogens is 1310 g/mol. The van der Waals surface area contributed by atoms with E-state index in [-0.39, 0.29) is 0 Å². The van der Waals surface area contributed by atoms with Gasteiger partial charge in [0, 0.05) is 37.1 Å². The standard InChI is InChI=1S/C48H30O.C30H21BO2.C18H11BrO/c1-2-13-36-31(11-1)12-9-19-37(36)32-23-27-34(28-24-32)46-40-15-3-5-17-42(40)47(43-18-6-4-16-41(43)46)35-29-25-33(26-30-35)38-20-10-21-44-39-14-7-8-22-45(39)49-48(38)44;32-31(33)30-27-13-5-3-11-25(27)29(26-12-4-6-14-28(26)30)22-18-16-21(17-19-22)24-15-7-9-20-8-1-2-10-23(20)24;19-13-10-8-12(9-11-13)14-5-3-6-16-15-4-1-2-7-17(15)20-18(14)16/h1-30H;1-19,32-33H;1-11H. The molecule has 6 heteroatoms. The Morgan fingerprint density at radius 3 is 0.814 bits per heavy atom. The van der Waals surface area contributed by atoms with Gasteiger partial charge in [0.2, 0.25) is 0 Å². The highest BCUT2D eigenvalue weighted by atomic mass is 79.9. The fourth-order valence-corrected chi connectivity index (χ4v) is 15.7. The van der Waals surface area contributed by atoms with E-state index in [1.807, 2.05) is 66.7 Å². The van der Waals surface area contributed by atoms with E-state index in [4.69, 9.17) is 8.83 Å². The average molecular weight is 1370 g/mol. The first kappa shape index (κ1) is 61.9. The van der Waals surface area contributed by atoms with Gasteiger partial charge in [-0.05, 0) is 161 Å². The van der Waals surface area contributed by atoms with Gasteiger partial charge in [-0.3, -0.25) is 0 Å². The second-order valence-corrected chi connectivity index (χ2v) is 26.9. The lowest BCUT2D eigenvalue weighted by Gasteiger charge is -2.18. The SMILES string of the molecule is Brc1ccc(-c2cccc3c2oc2ccccc23)cc1.OB(O)c1c2ccccc2c(-c2ccc(-c3cccc4ccccc34)cc2)c2ccccc12.c1ccc2c(-c3ccc(-c4c5ccccc5c(-c5ccc(-c6cccc7c6oc6ccccc67)cc5)c5ccccc45)cc3)cccc2c1. The van der Waals surface area contributed by atoms with Crippen LogP contribution in [0.1, 0.15) is 0 Å². The number of rotatable bonds is 8. The van der Waals surface area contributed by atoms with Gasteiger partial charge in [-0.15, -0.1) is 0 Å². The molecule has 0 fully saturated rings. The van der Waals surface area contributed by atoms with Crippen LogP contribution >= 0.6 is 15.9 Å². The van der Waals surface area contributed by atoms with E-state index in [1.165, 1.54) is 98.4 Å². The maximum absolute atomic E-state index is 10.2. The first-order valence-electron chi connectivity index (χ1n) is 34.4. The first-order chi connectivity index (χ1) is 50.4. The summed E-state index contributed by atoms with van der Waals surface area (Å²) in [4.78, 5) is 0. The minimum atomic E-state index is -1.54. The molecule has 0 atom stereocenters. The number of para-hydroxylation sites is 4. The van der Waals surface area contributed by atoms with Crippen molar-refractivity contribution in [3.05, 3.63) is 368 Å². The van der Waals surface area contributed by atoms with Crippen LogP contribution < -0.4 is 5.46 Å². The Balaban J connectivity index is 0.000000121. The molecule has 0 bridgehead atoms. The number of fused-ring (bicyclic) bond motifs is 12. The molecule has 480 valence electrons. The molecule has 0 unspecified atom stereocenters. The van der Waals surface area contributed by atoms with Crippen molar-refractivity contribution in [2.24, 2.45) is 0 Å². The van der Waals surface area contributed by atoms with E-state index in [1.54, 1.807) is 0 Å². The largest absolute Gasteiger partial charge is 0.489 e. The lowest BCUT2D eigenvalue weighted by atomic mass is 9.72. The topological polar surface area (TPSA) is 66.7 Å². The van der Waals surface area contributed by atoms with Crippen LogP contribution in [0.2, 0.25) is 0 Å². The van der Waals surface area contributed by atoms with Crippen LogP contribution in [0.15, 0.2) is 377 Å². The van der Waals surface area contributed by atoms with Crippen LogP contribution in [-0.2, 0) is 0 Å². The second kappa shape index (κ2) is 26.4. The average Bonchev–Trinajstić information content (AvgIpc) is 1.05. The zero-order valence-electron chi connectivity index (χ0n) is 55.3. The zero-order valence-corrected chi connectivity index (χ0v) is 56.9. The van der Waals surface area contributed by atoms with E-state index >= 15 is 0 Å². The molecule has 2 heterocycles. The minimum Gasteiger partial charge on any atom is -0.455 e. The van der Waals surface area contributed by atoms with Crippen molar-refractivity contribution in [2.45, 2.75) is 0 Å². The fraction of sp³-hybridized carbons (Fsp3) is 0. The third-order valence-corrected chi connectivity index (χ3v) is 20.7. The van der Waals surface area contributed by atoms with Crippen molar-refractivity contribution in [1.82, 2.24) is 0 Å². The molecule has 0 radical (unpaired) electrons. The second-order valence-electron chi connectivity index (χ2n) is 25.9. The lowest BCUT2D eigenvalue weighted by Crippen LogP contribution is -2.31. The predicted octanol–water partition coefficient (Wildman–Crippen LogP) is 25.9. The molecule has 0 aliphatic carbocycles. The van der Waals surface area contributed by atoms with Crippen LogP contribution in [0.3, 0.4) is 0 Å². The third kappa shape index (κ3) is 11.1. The maximum Gasteiger partial charge on any atom is 0.489 e. The number of furan rings is 2. The summed E-state index contributed by atoms with van der Waals surface area (Å²) in [7, 11) is -1.54. The Kier molecular flexibility index (Phi) is 16.0. The van der Waals surface area contributed by atoms with Crippen molar-refractivity contribution in [2.75, 3.05) is 0 Å². The van der Waals surface area contributed by atoms with Crippen molar-refractivity contribution >= 4 is 137 Å². The van der Waals surface area contributed by atoms with Gasteiger partial charge in [0.25, 0.3) is 0 Å². The van der Waals surface area contributed by atoms with Gasteiger partial charge in [0.15, 0.2) is 0 Å². The van der Waals surface area contributed by atoms with Crippen molar-refractivity contribution in [3.8, 4) is 77.9 Å². The Bertz CT molecular complexity index is 6470. The molecule has 0 saturated carbocycles. The summed E-state index contributed by atoms with van der Waals surface area (Å²) in [6, 6.07) is 128. The third-order valence-electron chi connectivity index (χ3n) is 20.2. The highest BCUT2D eigenvalue weighted by molar-refractivity contribution is 9.10. The van der Waals surface area contributed by atoms with Crippen LogP contribution in [0.25, 0.3) is 186 Å². The normalized spacial score (nSPS) is 11.5. The molecule has 2 N–H and O–H groups in total. The molecule has 0 aliphatic rings. The van der Waals surface area contributed by atoms with Gasteiger partial charge in [0.05, 0.1) is 0 Å². The summed E-state index contributed by atoms with van der Waals surface area (Å²) >= 11 is 3.47. The summed E-state index contributed by atoms with van der Waals surface area (Å²) < 4.78 is 13.5. The predicted molar refractivity (Wildman–Crippen MR) is 434 cm³/mol. The van der Waals surface area contributed by atoms with Gasteiger partial charge in [-0.25, -0.2) is 0 Å². The quantitative estimate of drug-likeness (QED) is 0.118. The monoisotopic (exact) mass is 1370 g/mol. The first-order valence-corrected chi connectivity index (χ1v) is 35.2. The van der Waals surface area contributed by atoms with Gasteiger partial charge >= 0.3 is 7.12 Å². The fourth-order valence-electron chi connectivity index (χ4n) is 15.5. The summed E-state index contributed by atoms with van der Waals surface area (Å²) in [6.45, 7) is 0. The van der Waals surface area contributed by atoms with Crippen LogP contribution in [0.4, 0.5) is 0 Å². The highest BCUT2D eigenvalue weighted by Crippen LogP contribution is 2.46. The van der Waals surface area contributed by atoms with Crippen LogP contribution in [0, 0.1) is 0 Å². The molecule has 4 nitrogen and oxygen atoms in total. The Hall–Kier alpha value is -12.4. The van der Waals surface area contributed by atoms with Gasteiger partial charge < -0.3 is 18.9 Å². The molecule has 18 aromatic carbocycles. The van der Waals surface area contributed by atoms with E-state index in [0.717, 1.165) is 92.5 Å². The highest BCUT2D eigenvalue weighted by Gasteiger charge is 2.24. The molecule has 0 spiro atoms. The molecule has 20 aromatic rings. The van der Waals surface area contributed by atoms with E-state index in [9.17, 15) is 10.0 Å². The van der Waals surface area contributed by atoms with Crippen LogP contribution in [-0.4, -0.2) is 17.2 Å². The summed E-state index contributed by atoms with van der Waals surface area (Å²) in [5.74, 6) is 0. The van der Waals surface area contributed by atoms with Crippen molar-refractivity contribution in [3.63, 3.8) is 0 Å². The molecule has 102 heavy (non-hydrogen) atoms. The molecule has 0 amide bonds. The summed E-state index contributed by atoms with van der Waals surface area (Å²) in [6.07, 6.45) is 0. The van der Waals surface area contributed by atoms with Gasteiger partial charge in [0.1, 0.15) is 22.3 Å². The van der Waals surface area contributed by atoms with Crippen molar-refractivity contribution in [1.29, 1.82) is 0 Å². The lowest BCUT2D eigenvalue weighted by molar-refractivity contribution is 0.426. The molecular formula is C96H62BBrO4. The smallest absolute Gasteiger partial charge is 0.455 e. The number of hydrogen-bond donors (Lipinski definition) is 2. The Morgan fingerprint density at radius 1 is 0.206 bits per heavy atom. The minimum absolute atomic E-state index is 0.553. The van der Waals surface area contributed by atoms with Gasteiger partial charge in [-0.1, -0.05) is 356 Å². The molecule has 0 saturated heterocycles. The summed E-state index contributed by atoms with van der Waals surface area (Å²) in [5.41, 5.74) is 20.9. The zero-order chi connectivity index (χ0) is 68.2. The van der Waals surface area contributed by atoms with E-state index in [2.05, 4.69) is 313 Å². The Morgan fingerprint density at radius 2 is 0.451 bits per heavy atom. The molecule has 0 aliphatic heterocycles. The van der Waals surface area contributed by atoms with E-state index < -0.39 is 7.12 Å². The van der Waals surface area contributed by atoms with E-state index in [0.29, 0.717) is 5.46 Å². The maximum atomic E-state index is 10.2. The number of halogens is 1. The Labute approximate surface area is 598 Å². The van der Waals surface area contributed by atoms with Crippen LogP contribution in [0.5, 0.6) is 0 Å². The molecule has 20 rings (SSSR count). The molecule has 2 aromatic heterocycles. The number of hydrogen-bond acceptors (Lipinski definition) is 4.